The Labute approximate surface area is 120 Å². The summed E-state index contributed by atoms with van der Waals surface area (Å²) >= 11 is 13.3. The molecule has 0 saturated heterocycles. The molecule has 4 heteroatoms. The lowest BCUT2D eigenvalue weighted by atomic mass is 10.1. The molecule has 1 nitrogen and oxygen atoms in total. The van der Waals surface area contributed by atoms with Gasteiger partial charge in [0, 0.05) is 15.5 Å². The highest BCUT2D eigenvalue weighted by Gasteiger charge is 2.11. The van der Waals surface area contributed by atoms with Crippen molar-refractivity contribution >= 4 is 40.7 Å². The average molecular weight is 297 g/mol. The Kier molecular flexibility index (Phi) is 4.70. The topological polar surface area (TPSA) is 17.1 Å². The zero-order valence-corrected chi connectivity index (χ0v) is 11.7. The molecular weight excluding hydrogens is 287 g/mol. The van der Waals surface area contributed by atoms with Gasteiger partial charge in [0.2, 0.25) is 0 Å². The second-order valence-electron chi connectivity index (χ2n) is 3.65. The first-order valence-electron chi connectivity index (χ1n) is 5.33. The van der Waals surface area contributed by atoms with Gasteiger partial charge in [-0.3, -0.25) is 4.79 Å². The maximum absolute atomic E-state index is 12.0. The first-order chi connectivity index (χ1) is 8.66. The average Bonchev–Trinajstić information content (AvgIpc) is 2.37. The zero-order valence-electron chi connectivity index (χ0n) is 9.40. The lowest BCUT2D eigenvalue weighted by Crippen LogP contribution is -2.03. The summed E-state index contributed by atoms with van der Waals surface area (Å²) in [6.45, 7) is 0. The van der Waals surface area contributed by atoms with Crippen molar-refractivity contribution in [3.63, 3.8) is 0 Å². The minimum Gasteiger partial charge on any atom is -0.293 e. The van der Waals surface area contributed by atoms with Crippen LogP contribution in [0.5, 0.6) is 0 Å². The fourth-order valence-corrected chi connectivity index (χ4v) is 2.78. The number of hydrogen-bond donors (Lipinski definition) is 0. The van der Waals surface area contributed by atoms with Gasteiger partial charge >= 0.3 is 0 Å². The highest BCUT2D eigenvalue weighted by molar-refractivity contribution is 8.00. The smallest absolute Gasteiger partial charge is 0.174 e. The minimum atomic E-state index is 0.00511. The molecule has 0 atom stereocenters. The largest absolute Gasteiger partial charge is 0.293 e. The van der Waals surface area contributed by atoms with Crippen molar-refractivity contribution in [2.24, 2.45) is 0 Å². The predicted octanol–water partition coefficient (Wildman–Crippen LogP) is 4.97. The quantitative estimate of drug-likeness (QED) is 0.585. The van der Waals surface area contributed by atoms with E-state index in [9.17, 15) is 4.79 Å². The number of ketones is 1. The Morgan fingerprint density at radius 1 is 1.06 bits per heavy atom. The monoisotopic (exact) mass is 296 g/mol. The van der Waals surface area contributed by atoms with E-state index >= 15 is 0 Å². The summed E-state index contributed by atoms with van der Waals surface area (Å²) < 4.78 is 0. The van der Waals surface area contributed by atoms with E-state index in [0.717, 1.165) is 4.90 Å². The van der Waals surface area contributed by atoms with Gasteiger partial charge in [0.15, 0.2) is 5.78 Å². The number of thioether (sulfide) groups is 1. The molecule has 0 aliphatic carbocycles. The number of carbonyl (C=O) groups is 1. The highest BCUT2D eigenvalue weighted by Crippen LogP contribution is 2.24. The van der Waals surface area contributed by atoms with Gasteiger partial charge in [-0.25, -0.2) is 0 Å². The van der Waals surface area contributed by atoms with E-state index in [1.54, 1.807) is 18.2 Å². The van der Waals surface area contributed by atoms with E-state index in [1.807, 2.05) is 30.3 Å². The molecular formula is C14H10Cl2OS. The molecule has 0 N–H and O–H groups in total. The molecule has 0 saturated carbocycles. The second kappa shape index (κ2) is 6.28. The van der Waals surface area contributed by atoms with Crippen LogP contribution in [0.25, 0.3) is 0 Å². The third-order valence-electron chi connectivity index (χ3n) is 2.34. The summed E-state index contributed by atoms with van der Waals surface area (Å²) in [5.74, 6) is 0.372. The molecule has 0 aliphatic heterocycles. The summed E-state index contributed by atoms with van der Waals surface area (Å²) in [5.41, 5.74) is 0.518. The van der Waals surface area contributed by atoms with Crippen LogP contribution in [-0.4, -0.2) is 11.5 Å². The van der Waals surface area contributed by atoms with Gasteiger partial charge < -0.3 is 0 Å². The number of rotatable bonds is 4. The van der Waals surface area contributed by atoms with Crippen molar-refractivity contribution in [3.05, 3.63) is 64.1 Å². The van der Waals surface area contributed by atoms with E-state index < -0.39 is 0 Å². The van der Waals surface area contributed by atoms with Crippen LogP contribution in [-0.2, 0) is 0 Å². The maximum Gasteiger partial charge on any atom is 0.174 e. The predicted molar refractivity (Wildman–Crippen MR) is 78.0 cm³/mol. The van der Waals surface area contributed by atoms with Gasteiger partial charge in [0.1, 0.15) is 0 Å². The summed E-state index contributed by atoms with van der Waals surface area (Å²) in [6, 6.07) is 14.7. The van der Waals surface area contributed by atoms with Crippen molar-refractivity contribution in [1.82, 2.24) is 0 Å². The number of halogens is 2. The lowest BCUT2D eigenvalue weighted by molar-refractivity contribution is 0.102. The molecule has 0 spiro atoms. The normalized spacial score (nSPS) is 10.3. The van der Waals surface area contributed by atoms with E-state index in [0.29, 0.717) is 21.4 Å². The van der Waals surface area contributed by atoms with Crippen molar-refractivity contribution in [1.29, 1.82) is 0 Å². The van der Waals surface area contributed by atoms with Crippen LogP contribution >= 0.6 is 35.0 Å². The van der Waals surface area contributed by atoms with Crippen LogP contribution in [0.15, 0.2) is 53.4 Å². The minimum absolute atomic E-state index is 0.00511. The molecule has 0 aromatic heterocycles. The van der Waals surface area contributed by atoms with Crippen molar-refractivity contribution in [2.75, 3.05) is 5.75 Å². The molecule has 0 aliphatic rings. The van der Waals surface area contributed by atoms with Crippen molar-refractivity contribution in [2.45, 2.75) is 4.90 Å². The molecule has 0 bridgehead atoms. The Hall–Kier alpha value is -0.960. The van der Waals surface area contributed by atoms with Crippen LogP contribution in [0.2, 0.25) is 10.0 Å². The summed E-state index contributed by atoms with van der Waals surface area (Å²) in [4.78, 5) is 13.1. The summed E-state index contributed by atoms with van der Waals surface area (Å²) in [7, 11) is 0. The number of carbonyl (C=O) groups excluding carboxylic acids is 1. The molecule has 92 valence electrons. The first kappa shape index (κ1) is 13.5. The Morgan fingerprint density at radius 3 is 2.44 bits per heavy atom. The lowest BCUT2D eigenvalue weighted by Gasteiger charge is -2.04. The van der Waals surface area contributed by atoms with Crippen molar-refractivity contribution in [3.8, 4) is 0 Å². The number of hydrogen-bond acceptors (Lipinski definition) is 2. The van der Waals surface area contributed by atoms with Crippen LogP contribution in [0.1, 0.15) is 10.4 Å². The Morgan fingerprint density at radius 2 is 1.78 bits per heavy atom. The molecule has 2 rings (SSSR count). The van der Waals surface area contributed by atoms with Crippen molar-refractivity contribution < 1.29 is 4.79 Å². The molecule has 0 unspecified atom stereocenters. The summed E-state index contributed by atoms with van der Waals surface area (Å²) in [6.07, 6.45) is 0. The van der Waals surface area contributed by atoms with Gasteiger partial charge in [-0.2, -0.15) is 0 Å². The van der Waals surface area contributed by atoms with E-state index in [1.165, 1.54) is 11.8 Å². The van der Waals surface area contributed by atoms with Gasteiger partial charge in [0.25, 0.3) is 0 Å². The first-order valence-corrected chi connectivity index (χ1v) is 7.07. The molecule has 2 aromatic rings. The SMILES string of the molecule is O=C(CSc1ccccc1)c1ccc(Cl)cc1Cl. The molecule has 18 heavy (non-hydrogen) atoms. The van der Waals surface area contributed by atoms with E-state index in [2.05, 4.69) is 0 Å². The standard InChI is InChI=1S/C14H10Cl2OS/c15-10-6-7-12(13(16)8-10)14(17)9-18-11-4-2-1-3-5-11/h1-8H,9H2. The van der Waals surface area contributed by atoms with Crippen LogP contribution < -0.4 is 0 Å². The Bertz CT molecular complexity index is 555. The highest BCUT2D eigenvalue weighted by atomic mass is 35.5. The zero-order chi connectivity index (χ0) is 13.0. The van der Waals surface area contributed by atoms with Gasteiger partial charge in [-0.15, -0.1) is 11.8 Å². The maximum atomic E-state index is 12.0. The molecule has 0 heterocycles. The Balaban J connectivity index is 2.04. The molecule has 0 amide bonds. The van der Waals surface area contributed by atoms with Crippen LogP contribution in [0.3, 0.4) is 0 Å². The molecule has 2 aromatic carbocycles. The third-order valence-corrected chi connectivity index (χ3v) is 3.90. The molecule has 0 fully saturated rings. The fraction of sp³-hybridized carbons (Fsp3) is 0.0714. The van der Waals surface area contributed by atoms with Crippen LogP contribution in [0, 0.1) is 0 Å². The summed E-state index contributed by atoms with van der Waals surface area (Å²) in [5, 5.41) is 0.938. The number of Topliss-reactive ketones (excluding diaryl/α,β-unsaturated/α-hetero) is 1. The second-order valence-corrected chi connectivity index (χ2v) is 5.54. The van der Waals surface area contributed by atoms with Gasteiger partial charge in [-0.1, -0.05) is 41.4 Å². The van der Waals surface area contributed by atoms with Gasteiger partial charge in [0.05, 0.1) is 10.8 Å². The number of benzene rings is 2. The third kappa shape index (κ3) is 3.52. The van der Waals surface area contributed by atoms with E-state index in [-0.39, 0.29) is 5.78 Å². The van der Waals surface area contributed by atoms with E-state index in [4.69, 9.17) is 23.2 Å². The van der Waals surface area contributed by atoms with Crippen LogP contribution in [0.4, 0.5) is 0 Å². The fourth-order valence-electron chi connectivity index (χ4n) is 1.46. The van der Waals surface area contributed by atoms with Gasteiger partial charge in [-0.05, 0) is 30.3 Å². The molecule has 0 radical (unpaired) electrons.